The van der Waals surface area contributed by atoms with Gasteiger partial charge in [-0.1, -0.05) is 28.8 Å². The number of pyridine rings is 1. The number of hydrogen-bond acceptors (Lipinski definition) is 4. The van der Waals surface area contributed by atoms with Crippen LogP contribution in [0.15, 0.2) is 12.3 Å². The highest BCUT2D eigenvalue weighted by Crippen LogP contribution is 2.28. The summed E-state index contributed by atoms with van der Waals surface area (Å²) in [5.41, 5.74) is 0.891. The number of aromatic nitrogens is 1. The average Bonchev–Trinajstić information content (AvgIpc) is 2.45. The summed E-state index contributed by atoms with van der Waals surface area (Å²) in [6.07, 6.45) is 6.74. The first-order chi connectivity index (χ1) is 9.33. The fraction of sp³-hybridized carbons (Fsp3) is 0.643. The van der Waals surface area contributed by atoms with E-state index in [1.54, 1.807) is 20.4 Å². The molecule has 0 amide bonds. The van der Waals surface area contributed by atoms with Crippen molar-refractivity contribution in [2.24, 2.45) is 0 Å². The number of nitrogens with one attached hydrogen (secondary N) is 1. The van der Waals surface area contributed by atoms with Crippen LogP contribution in [0.25, 0.3) is 0 Å². The molecule has 0 aromatic carbocycles. The van der Waals surface area contributed by atoms with Gasteiger partial charge in [0, 0.05) is 24.1 Å². The van der Waals surface area contributed by atoms with Crippen molar-refractivity contribution in [3.05, 3.63) is 18.0 Å². The minimum absolute atomic E-state index is 0.707. The molecule has 0 spiro atoms. The van der Waals surface area contributed by atoms with E-state index in [1.807, 2.05) is 6.07 Å². The number of alkyl halides is 1. The van der Waals surface area contributed by atoms with E-state index in [0.717, 1.165) is 29.1 Å². The number of halogens is 1. The lowest BCUT2D eigenvalue weighted by Gasteiger charge is -2.12. The van der Waals surface area contributed by atoms with Crippen LogP contribution in [0.2, 0.25) is 0 Å². The third-order valence-corrected chi connectivity index (χ3v) is 3.46. The van der Waals surface area contributed by atoms with Gasteiger partial charge in [0.05, 0.1) is 19.9 Å². The molecule has 0 bridgehead atoms. The fourth-order valence-electron chi connectivity index (χ4n) is 1.88. The van der Waals surface area contributed by atoms with Crippen molar-refractivity contribution >= 4 is 15.9 Å². The molecule has 0 aliphatic carbocycles. The van der Waals surface area contributed by atoms with Crippen molar-refractivity contribution in [3.63, 3.8) is 0 Å². The minimum Gasteiger partial charge on any atom is -0.493 e. The van der Waals surface area contributed by atoms with E-state index in [9.17, 15) is 0 Å². The smallest absolute Gasteiger partial charge is 0.183 e. The average molecular weight is 331 g/mol. The van der Waals surface area contributed by atoms with Crippen LogP contribution in [0.3, 0.4) is 0 Å². The standard InChI is InChI=1S/C14H23BrN2O2/c1-18-13-7-10-17-12(14(13)19-2)11-16-9-6-4-3-5-8-15/h7,10,16H,3-6,8-9,11H2,1-2H3. The Morgan fingerprint density at radius 3 is 2.63 bits per heavy atom. The van der Waals surface area contributed by atoms with Crippen LogP contribution in [0.1, 0.15) is 31.4 Å². The molecule has 5 heteroatoms. The Kier molecular flexibility index (Phi) is 8.58. The number of methoxy groups -OCH3 is 2. The van der Waals surface area contributed by atoms with Gasteiger partial charge in [-0.15, -0.1) is 0 Å². The number of ether oxygens (including phenoxy) is 2. The molecule has 0 radical (unpaired) electrons. The number of rotatable bonds is 10. The molecule has 0 aliphatic heterocycles. The second kappa shape index (κ2) is 10.0. The monoisotopic (exact) mass is 330 g/mol. The minimum atomic E-state index is 0.707. The van der Waals surface area contributed by atoms with Gasteiger partial charge in [-0.25, -0.2) is 0 Å². The predicted molar refractivity (Wildman–Crippen MR) is 81.3 cm³/mol. The zero-order chi connectivity index (χ0) is 13.9. The Hall–Kier alpha value is -0.810. The van der Waals surface area contributed by atoms with E-state index < -0.39 is 0 Å². The van der Waals surface area contributed by atoms with Crippen LogP contribution in [-0.4, -0.2) is 31.1 Å². The third-order valence-electron chi connectivity index (χ3n) is 2.90. The molecule has 4 nitrogen and oxygen atoms in total. The van der Waals surface area contributed by atoms with Crippen LogP contribution < -0.4 is 14.8 Å². The molecule has 1 heterocycles. The Morgan fingerprint density at radius 1 is 1.16 bits per heavy atom. The highest BCUT2D eigenvalue weighted by Gasteiger charge is 2.09. The second-order valence-electron chi connectivity index (χ2n) is 4.27. The summed E-state index contributed by atoms with van der Waals surface area (Å²) in [7, 11) is 3.28. The summed E-state index contributed by atoms with van der Waals surface area (Å²) in [6, 6.07) is 1.81. The predicted octanol–water partition coefficient (Wildman–Crippen LogP) is 3.14. The van der Waals surface area contributed by atoms with Crippen molar-refractivity contribution in [2.45, 2.75) is 32.2 Å². The zero-order valence-electron chi connectivity index (χ0n) is 11.7. The lowest BCUT2D eigenvalue weighted by molar-refractivity contribution is 0.348. The van der Waals surface area contributed by atoms with E-state index >= 15 is 0 Å². The molecule has 0 saturated carbocycles. The summed E-state index contributed by atoms with van der Waals surface area (Å²) >= 11 is 3.44. The van der Waals surface area contributed by atoms with Gasteiger partial charge in [0.25, 0.3) is 0 Å². The highest BCUT2D eigenvalue weighted by atomic mass is 79.9. The van der Waals surface area contributed by atoms with Gasteiger partial charge in [-0.2, -0.15) is 0 Å². The van der Waals surface area contributed by atoms with Crippen LogP contribution in [-0.2, 0) is 6.54 Å². The van der Waals surface area contributed by atoms with E-state index in [0.29, 0.717) is 6.54 Å². The van der Waals surface area contributed by atoms with Gasteiger partial charge in [-0.05, 0) is 19.4 Å². The molecule has 0 unspecified atom stereocenters. The Balaban J connectivity index is 2.33. The molecule has 0 atom stereocenters. The number of unbranched alkanes of at least 4 members (excludes halogenated alkanes) is 3. The van der Waals surface area contributed by atoms with E-state index in [4.69, 9.17) is 9.47 Å². The molecule has 19 heavy (non-hydrogen) atoms. The largest absolute Gasteiger partial charge is 0.493 e. The molecular weight excluding hydrogens is 308 g/mol. The summed E-state index contributed by atoms with van der Waals surface area (Å²) in [5.74, 6) is 1.45. The third kappa shape index (κ3) is 5.78. The van der Waals surface area contributed by atoms with Crippen molar-refractivity contribution in [3.8, 4) is 11.5 Å². The molecule has 0 saturated heterocycles. The highest BCUT2D eigenvalue weighted by molar-refractivity contribution is 9.09. The number of nitrogens with zero attached hydrogens (tertiary/aromatic N) is 1. The van der Waals surface area contributed by atoms with Gasteiger partial charge < -0.3 is 14.8 Å². The van der Waals surface area contributed by atoms with Crippen LogP contribution in [0.5, 0.6) is 11.5 Å². The molecular formula is C14H23BrN2O2. The SMILES string of the molecule is COc1ccnc(CNCCCCCCBr)c1OC. The molecule has 0 fully saturated rings. The second-order valence-corrected chi connectivity index (χ2v) is 5.07. The molecule has 108 valence electrons. The van der Waals surface area contributed by atoms with Gasteiger partial charge in [0.15, 0.2) is 11.5 Å². The Morgan fingerprint density at radius 2 is 1.95 bits per heavy atom. The maximum atomic E-state index is 5.34. The van der Waals surface area contributed by atoms with Gasteiger partial charge in [0.2, 0.25) is 0 Å². The molecule has 1 aromatic rings. The van der Waals surface area contributed by atoms with Gasteiger partial charge in [0.1, 0.15) is 0 Å². The first-order valence-corrected chi connectivity index (χ1v) is 7.78. The van der Waals surface area contributed by atoms with E-state index in [-0.39, 0.29) is 0 Å². The Bertz CT molecular complexity index is 361. The van der Waals surface area contributed by atoms with E-state index in [2.05, 4.69) is 26.2 Å². The van der Waals surface area contributed by atoms with Gasteiger partial charge >= 0.3 is 0 Å². The van der Waals surface area contributed by atoms with Gasteiger partial charge in [-0.3, -0.25) is 4.98 Å². The maximum absolute atomic E-state index is 5.34. The zero-order valence-corrected chi connectivity index (χ0v) is 13.3. The van der Waals surface area contributed by atoms with Crippen LogP contribution >= 0.6 is 15.9 Å². The maximum Gasteiger partial charge on any atom is 0.183 e. The van der Waals surface area contributed by atoms with E-state index in [1.165, 1.54) is 25.7 Å². The topological polar surface area (TPSA) is 43.4 Å². The van der Waals surface area contributed by atoms with Crippen LogP contribution in [0.4, 0.5) is 0 Å². The molecule has 1 aromatic heterocycles. The van der Waals surface area contributed by atoms with Crippen molar-refractivity contribution in [2.75, 3.05) is 26.1 Å². The lowest BCUT2D eigenvalue weighted by atomic mass is 10.2. The molecule has 1 rings (SSSR count). The molecule has 1 N–H and O–H groups in total. The first-order valence-electron chi connectivity index (χ1n) is 6.66. The summed E-state index contributed by atoms with van der Waals surface area (Å²) in [5, 5.41) is 4.50. The Labute approximate surface area is 124 Å². The quantitative estimate of drug-likeness (QED) is 0.528. The molecule has 0 aliphatic rings. The fourth-order valence-corrected chi connectivity index (χ4v) is 2.28. The van der Waals surface area contributed by atoms with Crippen molar-refractivity contribution in [1.29, 1.82) is 0 Å². The van der Waals surface area contributed by atoms with Crippen LogP contribution in [0, 0.1) is 0 Å². The summed E-state index contributed by atoms with van der Waals surface area (Å²) < 4.78 is 10.6. The number of hydrogen-bond donors (Lipinski definition) is 1. The van der Waals surface area contributed by atoms with Crippen molar-refractivity contribution in [1.82, 2.24) is 10.3 Å². The van der Waals surface area contributed by atoms with Crippen molar-refractivity contribution < 1.29 is 9.47 Å². The summed E-state index contributed by atoms with van der Waals surface area (Å²) in [6.45, 7) is 1.71. The normalized spacial score (nSPS) is 10.5. The summed E-state index contributed by atoms with van der Waals surface area (Å²) in [4.78, 5) is 4.33. The lowest BCUT2D eigenvalue weighted by Crippen LogP contribution is -2.16. The first kappa shape index (κ1) is 16.2.